The zero-order valence-corrected chi connectivity index (χ0v) is 19.2. The summed E-state index contributed by atoms with van der Waals surface area (Å²) in [6.45, 7) is 11.2. The largest absolute Gasteiger partial charge is 0.508 e. The van der Waals surface area contributed by atoms with Crippen LogP contribution in [0.2, 0.25) is 0 Å². The van der Waals surface area contributed by atoms with Crippen LogP contribution in [0.25, 0.3) is 10.9 Å². The number of hydrogen-bond donors (Lipinski definition) is 4. The van der Waals surface area contributed by atoms with Crippen molar-refractivity contribution in [1.29, 1.82) is 0 Å². The molecular weight excluding hydrogens is 385 g/mol. The molecule has 1 aromatic carbocycles. The highest BCUT2D eigenvalue weighted by Crippen LogP contribution is 2.27. The third kappa shape index (κ3) is 8.45. The van der Waals surface area contributed by atoms with Crippen molar-refractivity contribution in [3.05, 3.63) is 70.2 Å². The lowest BCUT2D eigenvalue weighted by Gasteiger charge is -2.10. The summed E-state index contributed by atoms with van der Waals surface area (Å²) in [5, 5.41) is 11.2. The zero-order valence-electron chi connectivity index (χ0n) is 18.3. The van der Waals surface area contributed by atoms with Crippen molar-refractivity contribution in [3.8, 4) is 0 Å². The first-order valence-electron chi connectivity index (χ1n) is 9.95. The van der Waals surface area contributed by atoms with E-state index in [1.165, 1.54) is 38.7 Å². The van der Waals surface area contributed by atoms with Crippen LogP contribution in [0.15, 0.2) is 59.0 Å². The molecule has 1 heterocycles. The number of aliphatic hydroxyl groups excluding tert-OH is 1. The Morgan fingerprint density at radius 1 is 1.14 bits per heavy atom. The summed E-state index contributed by atoms with van der Waals surface area (Å²) < 4.78 is 9.33. The second kappa shape index (κ2) is 11.2. The number of aromatic amines is 1. The minimum Gasteiger partial charge on any atom is -0.508 e. The molecule has 1 aliphatic carbocycles. The fourth-order valence-corrected chi connectivity index (χ4v) is 3.22. The molecule has 2 aromatic rings. The average molecular weight is 420 g/mol. The number of fused-ring (bicyclic) bond motifs is 1. The number of aryl methyl sites for hydroxylation is 1. The third-order valence-corrected chi connectivity index (χ3v) is 4.44. The molecule has 6 heteroatoms. The molecule has 29 heavy (non-hydrogen) atoms. The number of nitrogens with one attached hydrogen (secondary N) is 1. The van der Waals surface area contributed by atoms with Gasteiger partial charge in [0.15, 0.2) is 0 Å². The quantitative estimate of drug-likeness (QED) is 0.446. The highest BCUT2D eigenvalue weighted by Gasteiger charge is 2.10. The number of benzene rings is 1. The van der Waals surface area contributed by atoms with Crippen molar-refractivity contribution in [2.75, 3.05) is 6.66 Å². The predicted molar refractivity (Wildman–Crippen MR) is 122 cm³/mol. The molecule has 0 saturated carbocycles. The number of hydrogen-bond acceptors (Lipinski definition) is 2. The molecule has 0 fully saturated rings. The maximum atomic E-state index is 9.84. The van der Waals surface area contributed by atoms with Crippen LogP contribution in [-0.2, 0) is 17.4 Å². The SMILES string of the molecule is CC.CCc1c[nH]c2ccc(CC3=C(C)C=C(O)C=C(C)C3)cc12.CP(=O)(O)O. The summed E-state index contributed by atoms with van der Waals surface area (Å²) >= 11 is 0. The maximum Gasteiger partial charge on any atom is 0.322 e. The standard InChI is InChI=1S/C20H23NO.C2H6.CH5O3P/c1-4-16-12-21-20-6-5-15(11-19(16)20)10-17-7-13(2)8-18(22)9-14(17)3;1-2;1-5(2,3)4/h5-6,8-9,11-12,21-22H,4,7,10H2,1-3H3;1-2H3;1H3,(H2,2,3,4). The van der Waals surface area contributed by atoms with E-state index in [9.17, 15) is 9.67 Å². The summed E-state index contributed by atoms with van der Waals surface area (Å²) in [6.07, 6.45) is 8.75. The van der Waals surface area contributed by atoms with Gasteiger partial charge in [-0.3, -0.25) is 4.57 Å². The molecule has 5 nitrogen and oxygen atoms in total. The van der Waals surface area contributed by atoms with Gasteiger partial charge < -0.3 is 19.9 Å². The lowest BCUT2D eigenvalue weighted by Crippen LogP contribution is -1.95. The van der Waals surface area contributed by atoms with Crippen LogP contribution >= 0.6 is 7.60 Å². The van der Waals surface area contributed by atoms with E-state index in [4.69, 9.17) is 9.79 Å². The van der Waals surface area contributed by atoms with E-state index in [1.54, 1.807) is 0 Å². The summed E-state index contributed by atoms with van der Waals surface area (Å²) in [5.41, 5.74) is 7.68. The maximum absolute atomic E-state index is 9.84. The van der Waals surface area contributed by atoms with E-state index in [0.29, 0.717) is 5.76 Å². The Kier molecular flexibility index (Phi) is 9.64. The molecule has 160 valence electrons. The molecule has 0 bridgehead atoms. The van der Waals surface area contributed by atoms with Crippen LogP contribution in [-0.4, -0.2) is 26.5 Å². The average Bonchev–Trinajstić information content (AvgIpc) is 2.98. The highest BCUT2D eigenvalue weighted by molar-refractivity contribution is 7.50. The minimum absolute atomic E-state index is 0.361. The number of rotatable bonds is 3. The van der Waals surface area contributed by atoms with Gasteiger partial charge in [-0.05, 0) is 74.1 Å². The first-order valence-corrected chi connectivity index (χ1v) is 12.0. The Balaban J connectivity index is 0.000000527. The predicted octanol–water partition coefficient (Wildman–Crippen LogP) is 6.20. The molecule has 0 atom stereocenters. The lowest BCUT2D eigenvalue weighted by atomic mass is 9.95. The second-order valence-corrected chi connectivity index (χ2v) is 8.75. The van der Waals surface area contributed by atoms with Gasteiger partial charge in [0.05, 0.1) is 0 Å². The van der Waals surface area contributed by atoms with Crippen molar-refractivity contribution in [2.45, 2.75) is 53.9 Å². The molecule has 4 N–H and O–H groups in total. The van der Waals surface area contributed by atoms with Crippen LogP contribution < -0.4 is 0 Å². The highest BCUT2D eigenvalue weighted by atomic mass is 31.2. The molecule has 1 aromatic heterocycles. The van der Waals surface area contributed by atoms with Gasteiger partial charge in [-0.2, -0.15) is 0 Å². The molecule has 0 unspecified atom stereocenters. The fraction of sp³-hybridized carbons (Fsp3) is 0.391. The van der Waals surface area contributed by atoms with Crippen molar-refractivity contribution in [1.82, 2.24) is 4.98 Å². The summed E-state index contributed by atoms with van der Waals surface area (Å²) in [5.74, 6) is 0.361. The Hall–Kier alpha value is -2.07. The van der Waals surface area contributed by atoms with Crippen LogP contribution in [0.3, 0.4) is 0 Å². The lowest BCUT2D eigenvalue weighted by molar-refractivity contribution is 0.381. The van der Waals surface area contributed by atoms with Gasteiger partial charge in [-0.1, -0.05) is 38.0 Å². The van der Waals surface area contributed by atoms with E-state index < -0.39 is 7.60 Å². The molecule has 0 aliphatic heterocycles. The second-order valence-electron chi connectivity index (χ2n) is 7.08. The smallest absolute Gasteiger partial charge is 0.322 e. The Bertz CT molecular complexity index is 952. The van der Waals surface area contributed by atoms with Crippen LogP contribution in [0, 0.1) is 0 Å². The van der Waals surface area contributed by atoms with Gasteiger partial charge in [0, 0.05) is 23.8 Å². The Morgan fingerprint density at radius 2 is 1.76 bits per heavy atom. The minimum atomic E-state index is -3.64. The normalized spacial score (nSPS) is 14.2. The summed E-state index contributed by atoms with van der Waals surface area (Å²) in [7, 11) is -3.64. The number of allylic oxidation sites excluding steroid dienone is 5. The molecule has 1 aliphatic rings. The fourth-order valence-electron chi connectivity index (χ4n) is 3.22. The first-order chi connectivity index (χ1) is 13.6. The molecule has 0 radical (unpaired) electrons. The van der Waals surface area contributed by atoms with Crippen molar-refractivity contribution in [3.63, 3.8) is 0 Å². The van der Waals surface area contributed by atoms with E-state index in [0.717, 1.165) is 25.9 Å². The third-order valence-electron chi connectivity index (χ3n) is 4.44. The van der Waals surface area contributed by atoms with Gasteiger partial charge >= 0.3 is 7.60 Å². The Labute approximate surface area is 174 Å². The topological polar surface area (TPSA) is 93.5 Å². The van der Waals surface area contributed by atoms with Crippen LogP contribution in [0.4, 0.5) is 0 Å². The molecule has 3 rings (SSSR count). The molecule has 0 amide bonds. The number of aliphatic hydroxyl groups is 1. The van der Waals surface area contributed by atoms with E-state index in [1.807, 2.05) is 26.0 Å². The molecule has 0 spiro atoms. The first kappa shape index (κ1) is 25.0. The monoisotopic (exact) mass is 419 g/mol. The van der Waals surface area contributed by atoms with Crippen molar-refractivity contribution < 1.29 is 19.5 Å². The van der Waals surface area contributed by atoms with Gasteiger partial charge in [0.25, 0.3) is 0 Å². The molecular formula is C23H34NO4P. The zero-order chi connectivity index (χ0) is 22.2. The van der Waals surface area contributed by atoms with Gasteiger partial charge in [-0.15, -0.1) is 0 Å². The van der Waals surface area contributed by atoms with E-state index >= 15 is 0 Å². The van der Waals surface area contributed by atoms with Crippen LogP contribution in [0.5, 0.6) is 0 Å². The van der Waals surface area contributed by atoms with Crippen LogP contribution in [0.1, 0.15) is 52.2 Å². The number of aromatic nitrogens is 1. The van der Waals surface area contributed by atoms with E-state index in [2.05, 4.69) is 50.2 Å². The van der Waals surface area contributed by atoms with E-state index in [-0.39, 0.29) is 0 Å². The number of H-pyrrole nitrogens is 1. The van der Waals surface area contributed by atoms with Crippen molar-refractivity contribution >= 4 is 18.5 Å². The van der Waals surface area contributed by atoms with Gasteiger partial charge in [0.2, 0.25) is 0 Å². The Morgan fingerprint density at radius 3 is 2.34 bits per heavy atom. The van der Waals surface area contributed by atoms with Crippen molar-refractivity contribution in [2.24, 2.45) is 0 Å². The molecule has 0 saturated heterocycles. The van der Waals surface area contributed by atoms with Gasteiger partial charge in [0.1, 0.15) is 5.76 Å². The van der Waals surface area contributed by atoms with Gasteiger partial charge in [-0.25, -0.2) is 0 Å². The summed E-state index contributed by atoms with van der Waals surface area (Å²) in [4.78, 5) is 18.6. The summed E-state index contributed by atoms with van der Waals surface area (Å²) in [6, 6.07) is 6.68.